The maximum absolute atomic E-state index is 5.28. The molecule has 146 valence electrons. The van der Waals surface area contributed by atoms with Crippen LogP contribution in [-0.4, -0.2) is 29.7 Å². The Balaban J connectivity index is 1.46. The average Bonchev–Trinajstić information content (AvgIpc) is 3.20. The molecule has 3 aromatic rings. The van der Waals surface area contributed by atoms with Crippen LogP contribution >= 0.6 is 0 Å². The average molecular weight is 377 g/mol. The summed E-state index contributed by atoms with van der Waals surface area (Å²) in [6.45, 7) is 5.66. The van der Waals surface area contributed by atoms with Crippen molar-refractivity contribution in [2.45, 2.75) is 33.2 Å². The van der Waals surface area contributed by atoms with Crippen molar-refractivity contribution < 1.29 is 4.52 Å². The first-order valence-corrected chi connectivity index (χ1v) is 9.60. The molecule has 0 atom stereocenters. The van der Waals surface area contributed by atoms with Crippen LogP contribution in [0.4, 0.5) is 0 Å². The van der Waals surface area contributed by atoms with Crippen molar-refractivity contribution in [3.8, 4) is 11.5 Å². The quantitative estimate of drug-likeness (QED) is 0.487. The smallest absolute Gasteiger partial charge is 0.257 e. The predicted octanol–water partition coefficient (Wildman–Crippen LogP) is 3.52. The lowest BCUT2D eigenvalue weighted by atomic mass is 10.1. The molecule has 3 rings (SSSR count). The van der Waals surface area contributed by atoms with Crippen LogP contribution in [0.2, 0.25) is 0 Å². The molecule has 1 heterocycles. The number of aromatic nitrogens is 2. The Morgan fingerprint density at radius 2 is 1.89 bits per heavy atom. The highest BCUT2D eigenvalue weighted by Crippen LogP contribution is 2.18. The van der Waals surface area contributed by atoms with Crippen LogP contribution in [-0.2, 0) is 19.4 Å². The standard InChI is InChI=1S/C22H27N5O/c1-4-20-26-21(28-27-20)19-10-8-17(9-11-19)12-13-24-22(23-3)25-15-18-7-5-6-16(2)14-18/h5-11,14H,4,12-13,15H2,1-3H3,(H2,23,24,25). The summed E-state index contributed by atoms with van der Waals surface area (Å²) < 4.78 is 5.28. The maximum Gasteiger partial charge on any atom is 0.257 e. The molecule has 6 nitrogen and oxygen atoms in total. The van der Waals surface area contributed by atoms with E-state index < -0.39 is 0 Å². The number of nitrogens with one attached hydrogen (secondary N) is 2. The molecule has 0 amide bonds. The monoisotopic (exact) mass is 377 g/mol. The zero-order chi connectivity index (χ0) is 19.8. The van der Waals surface area contributed by atoms with Crippen LogP contribution in [0.25, 0.3) is 11.5 Å². The maximum atomic E-state index is 5.28. The van der Waals surface area contributed by atoms with E-state index in [0.29, 0.717) is 5.89 Å². The van der Waals surface area contributed by atoms with E-state index in [2.05, 4.69) is 69.1 Å². The highest BCUT2D eigenvalue weighted by molar-refractivity contribution is 5.79. The van der Waals surface area contributed by atoms with E-state index in [-0.39, 0.29) is 0 Å². The summed E-state index contributed by atoms with van der Waals surface area (Å²) in [6.07, 6.45) is 1.67. The SMILES string of the molecule is CCc1noc(-c2ccc(CCNC(=NC)NCc3cccc(C)c3)cc2)n1. The first-order chi connectivity index (χ1) is 13.7. The number of hydrogen-bond acceptors (Lipinski definition) is 4. The molecule has 0 saturated carbocycles. The molecule has 0 aliphatic heterocycles. The molecule has 0 radical (unpaired) electrons. The second kappa shape index (κ2) is 9.69. The summed E-state index contributed by atoms with van der Waals surface area (Å²) in [4.78, 5) is 8.65. The summed E-state index contributed by atoms with van der Waals surface area (Å²) in [5.41, 5.74) is 4.68. The van der Waals surface area contributed by atoms with Gasteiger partial charge in [0, 0.05) is 32.1 Å². The highest BCUT2D eigenvalue weighted by Gasteiger charge is 2.07. The fourth-order valence-corrected chi connectivity index (χ4v) is 2.88. The van der Waals surface area contributed by atoms with Crippen molar-refractivity contribution in [3.63, 3.8) is 0 Å². The Hall–Kier alpha value is -3.15. The lowest BCUT2D eigenvalue weighted by molar-refractivity contribution is 0.423. The fraction of sp³-hybridized carbons (Fsp3) is 0.318. The van der Waals surface area contributed by atoms with Gasteiger partial charge in [-0.3, -0.25) is 4.99 Å². The number of rotatable bonds is 7. The number of hydrogen-bond donors (Lipinski definition) is 2. The van der Waals surface area contributed by atoms with Gasteiger partial charge in [-0.05, 0) is 36.6 Å². The molecule has 6 heteroatoms. The van der Waals surface area contributed by atoms with E-state index >= 15 is 0 Å². The van der Waals surface area contributed by atoms with Gasteiger partial charge in [0.25, 0.3) is 5.89 Å². The largest absolute Gasteiger partial charge is 0.356 e. The lowest BCUT2D eigenvalue weighted by Gasteiger charge is -2.12. The molecular weight excluding hydrogens is 350 g/mol. The van der Waals surface area contributed by atoms with Gasteiger partial charge >= 0.3 is 0 Å². The number of aliphatic imine (C=N–C) groups is 1. The van der Waals surface area contributed by atoms with Gasteiger partial charge in [0.15, 0.2) is 11.8 Å². The molecule has 0 unspecified atom stereocenters. The molecule has 0 fully saturated rings. The van der Waals surface area contributed by atoms with Gasteiger partial charge in [-0.1, -0.05) is 54.0 Å². The first-order valence-electron chi connectivity index (χ1n) is 9.60. The van der Waals surface area contributed by atoms with Crippen LogP contribution in [0.1, 0.15) is 29.4 Å². The molecule has 2 N–H and O–H groups in total. The number of benzene rings is 2. The molecule has 0 bridgehead atoms. The molecule has 0 aliphatic carbocycles. The van der Waals surface area contributed by atoms with Crippen LogP contribution in [0, 0.1) is 6.92 Å². The van der Waals surface area contributed by atoms with Gasteiger partial charge in [0.1, 0.15) is 0 Å². The summed E-state index contributed by atoms with van der Waals surface area (Å²) in [7, 11) is 1.79. The first kappa shape index (κ1) is 19.6. The predicted molar refractivity (Wildman–Crippen MR) is 112 cm³/mol. The number of guanidine groups is 1. The van der Waals surface area contributed by atoms with Gasteiger partial charge in [0.05, 0.1) is 0 Å². The van der Waals surface area contributed by atoms with Crippen LogP contribution in [0.3, 0.4) is 0 Å². The summed E-state index contributed by atoms with van der Waals surface area (Å²) in [5, 5.41) is 10.6. The van der Waals surface area contributed by atoms with Gasteiger partial charge in [0.2, 0.25) is 0 Å². The second-order valence-corrected chi connectivity index (χ2v) is 6.66. The second-order valence-electron chi connectivity index (χ2n) is 6.66. The highest BCUT2D eigenvalue weighted by atomic mass is 16.5. The van der Waals surface area contributed by atoms with Gasteiger partial charge in [-0.15, -0.1) is 0 Å². The minimum absolute atomic E-state index is 0.572. The summed E-state index contributed by atoms with van der Waals surface area (Å²) in [5.74, 6) is 2.10. The van der Waals surface area contributed by atoms with E-state index in [0.717, 1.165) is 43.3 Å². The van der Waals surface area contributed by atoms with Crippen LogP contribution < -0.4 is 10.6 Å². The Morgan fingerprint density at radius 3 is 2.57 bits per heavy atom. The van der Waals surface area contributed by atoms with Gasteiger partial charge in [-0.25, -0.2) is 0 Å². The van der Waals surface area contributed by atoms with Gasteiger partial charge < -0.3 is 15.2 Å². The molecule has 0 aliphatic rings. The van der Waals surface area contributed by atoms with E-state index in [1.54, 1.807) is 7.05 Å². The Morgan fingerprint density at radius 1 is 1.07 bits per heavy atom. The van der Waals surface area contributed by atoms with E-state index in [1.165, 1.54) is 16.7 Å². The van der Waals surface area contributed by atoms with E-state index in [4.69, 9.17) is 4.52 Å². The van der Waals surface area contributed by atoms with Crippen molar-refractivity contribution in [1.82, 2.24) is 20.8 Å². The minimum Gasteiger partial charge on any atom is -0.356 e. The topological polar surface area (TPSA) is 75.3 Å². The zero-order valence-corrected chi connectivity index (χ0v) is 16.7. The van der Waals surface area contributed by atoms with Gasteiger partial charge in [-0.2, -0.15) is 4.98 Å². The number of aryl methyl sites for hydroxylation is 2. The van der Waals surface area contributed by atoms with Crippen molar-refractivity contribution in [1.29, 1.82) is 0 Å². The number of nitrogens with zero attached hydrogens (tertiary/aromatic N) is 3. The van der Waals surface area contributed by atoms with Crippen LogP contribution in [0.5, 0.6) is 0 Å². The Bertz CT molecular complexity index is 915. The van der Waals surface area contributed by atoms with E-state index in [1.807, 2.05) is 19.1 Å². The summed E-state index contributed by atoms with van der Waals surface area (Å²) >= 11 is 0. The minimum atomic E-state index is 0.572. The third-order valence-electron chi connectivity index (χ3n) is 4.46. The lowest BCUT2D eigenvalue weighted by Crippen LogP contribution is -2.37. The Kier molecular flexibility index (Phi) is 6.78. The molecular formula is C22H27N5O. The molecule has 0 spiro atoms. The normalized spacial score (nSPS) is 11.5. The molecule has 1 aromatic heterocycles. The zero-order valence-electron chi connectivity index (χ0n) is 16.7. The third kappa shape index (κ3) is 5.42. The molecule has 0 saturated heterocycles. The molecule has 2 aromatic carbocycles. The van der Waals surface area contributed by atoms with Crippen molar-refractivity contribution >= 4 is 5.96 Å². The van der Waals surface area contributed by atoms with Crippen LogP contribution in [0.15, 0.2) is 58.0 Å². The Labute approximate surface area is 166 Å². The van der Waals surface area contributed by atoms with E-state index in [9.17, 15) is 0 Å². The fourth-order valence-electron chi connectivity index (χ4n) is 2.88. The summed E-state index contributed by atoms with van der Waals surface area (Å²) in [6, 6.07) is 16.7. The van der Waals surface area contributed by atoms with Crippen molar-refractivity contribution in [2.75, 3.05) is 13.6 Å². The third-order valence-corrected chi connectivity index (χ3v) is 4.46. The van der Waals surface area contributed by atoms with Crippen molar-refractivity contribution in [3.05, 3.63) is 71.0 Å². The molecule has 28 heavy (non-hydrogen) atoms. The van der Waals surface area contributed by atoms with Crippen molar-refractivity contribution in [2.24, 2.45) is 4.99 Å².